The SMILES string of the molecule is O=C(O)c1ccnc(C(=O)N2CCC(Oc3ccc([N+](=O)[O-])cc3)CC2)c1. The van der Waals surface area contributed by atoms with Gasteiger partial charge in [0, 0.05) is 44.3 Å². The molecule has 2 heterocycles. The van der Waals surface area contributed by atoms with Crippen molar-refractivity contribution < 1.29 is 24.4 Å². The zero-order valence-electron chi connectivity index (χ0n) is 14.3. The fourth-order valence-electron chi connectivity index (χ4n) is 2.86. The number of carbonyl (C=O) groups is 2. The van der Waals surface area contributed by atoms with Crippen molar-refractivity contribution in [1.29, 1.82) is 0 Å². The number of hydrogen-bond acceptors (Lipinski definition) is 6. The Morgan fingerprint density at radius 3 is 2.44 bits per heavy atom. The van der Waals surface area contributed by atoms with Crippen LogP contribution >= 0.6 is 0 Å². The highest BCUT2D eigenvalue weighted by atomic mass is 16.6. The van der Waals surface area contributed by atoms with Crippen molar-refractivity contribution in [3.8, 4) is 5.75 Å². The molecule has 0 aliphatic carbocycles. The van der Waals surface area contributed by atoms with Crippen LogP contribution in [0.25, 0.3) is 0 Å². The van der Waals surface area contributed by atoms with Gasteiger partial charge in [-0.15, -0.1) is 0 Å². The number of likely N-dealkylation sites (tertiary alicyclic amines) is 1. The van der Waals surface area contributed by atoms with E-state index in [1.165, 1.54) is 30.5 Å². The molecule has 0 unspecified atom stereocenters. The highest BCUT2D eigenvalue weighted by molar-refractivity contribution is 5.95. The Labute approximate surface area is 154 Å². The molecular formula is C18H17N3O6. The van der Waals surface area contributed by atoms with Gasteiger partial charge >= 0.3 is 5.97 Å². The van der Waals surface area contributed by atoms with Crippen LogP contribution in [-0.4, -0.2) is 51.0 Å². The standard InChI is InChI=1S/C18H17N3O6/c22-17(16-11-12(18(23)24)5-8-19-16)20-9-6-15(7-10-20)27-14-3-1-13(2-4-14)21(25)26/h1-5,8,11,15H,6-7,9-10H2,(H,23,24). The smallest absolute Gasteiger partial charge is 0.335 e. The summed E-state index contributed by atoms with van der Waals surface area (Å²) in [5.74, 6) is -0.880. The van der Waals surface area contributed by atoms with E-state index in [9.17, 15) is 19.7 Å². The molecule has 27 heavy (non-hydrogen) atoms. The number of aromatic carboxylic acids is 1. The van der Waals surface area contributed by atoms with Gasteiger partial charge in [-0.1, -0.05) is 0 Å². The van der Waals surface area contributed by atoms with E-state index < -0.39 is 10.9 Å². The lowest BCUT2D eigenvalue weighted by Crippen LogP contribution is -2.42. The molecule has 1 aliphatic heterocycles. The predicted octanol–water partition coefficient (Wildman–Crippen LogP) is 2.37. The lowest BCUT2D eigenvalue weighted by atomic mass is 10.1. The van der Waals surface area contributed by atoms with Gasteiger partial charge in [-0.2, -0.15) is 0 Å². The van der Waals surface area contributed by atoms with Crippen molar-refractivity contribution >= 4 is 17.6 Å². The summed E-state index contributed by atoms with van der Waals surface area (Å²) < 4.78 is 5.82. The van der Waals surface area contributed by atoms with Gasteiger partial charge in [0.25, 0.3) is 11.6 Å². The molecule has 1 fully saturated rings. The lowest BCUT2D eigenvalue weighted by Gasteiger charge is -2.32. The molecule has 0 bridgehead atoms. The van der Waals surface area contributed by atoms with E-state index >= 15 is 0 Å². The van der Waals surface area contributed by atoms with Crippen LogP contribution in [-0.2, 0) is 0 Å². The van der Waals surface area contributed by atoms with Crippen molar-refractivity contribution in [2.24, 2.45) is 0 Å². The Balaban J connectivity index is 1.56. The summed E-state index contributed by atoms with van der Waals surface area (Å²) in [6, 6.07) is 8.48. The van der Waals surface area contributed by atoms with Crippen LogP contribution in [0.1, 0.15) is 33.7 Å². The summed E-state index contributed by atoms with van der Waals surface area (Å²) in [7, 11) is 0. The largest absolute Gasteiger partial charge is 0.490 e. The molecule has 1 amide bonds. The lowest BCUT2D eigenvalue weighted by molar-refractivity contribution is -0.384. The van der Waals surface area contributed by atoms with Crippen molar-refractivity contribution in [2.45, 2.75) is 18.9 Å². The van der Waals surface area contributed by atoms with E-state index in [-0.39, 0.29) is 29.0 Å². The Morgan fingerprint density at radius 2 is 1.85 bits per heavy atom. The van der Waals surface area contributed by atoms with Gasteiger partial charge in [0.15, 0.2) is 0 Å². The van der Waals surface area contributed by atoms with Gasteiger partial charge in [0.1, 0.15) is 17.5 Å². The minimum atomic E-state index is -1.11. The number of amides is 1. The molecule has 0 spiro atoms. The van der Waals surface area contributed by atoms with Crippen molar-refractivity contribution in [3.05, 3.63) is 64.0 Å². The highest BCUT2D eigenvalue weighted by Gasteiger charge is 2.26. The maximum Gasteiger partial charge on any atom is 0.335 e. The molecule has 0 saturated carbocycles. The minimum absolute atomic E-state index is 0.00106. The van der Waals surface area contributed by atoms with Crippen LogP contribution in [0.5, 0.6) is 5.75 Å². The number of piperidine rings is 1. The quantitative estimate of drug-likeness (QED) is 0.632. The van der Waals surface area contributed by atoms with E-state index in [1.807, 2.05) is 0 Å². The van der Waals surface area contributed by atoms with Gasteiger partial charge in [-0.25, -0.2) is 4.79 Å². The van der Waals surface area contributed by atoms with Crippen LogP contribution in [0, 0.1) is 10.1 Å². The van der Waals surface area contributed by atoms with E-state index in [0.29, 0.717) is 31.7 Å². The van der Waals surface area contributed by atoms with Crippen LogP contribution in [0.4, 0.5) is 5.69 Å². The van der Waals surface area contributed by atoms with Gasteiger partial charge < -0.3 is 14.7 Å². The molecule has 9 heteroatoms. The molecule has 1 N–H and O–H groups in total. The van der Waals surface area contributed by atoms with Gasteiger partial charge in [-0.05, 0) is 24.3 Å². The summed E-state index contributed by atoms with van der Waals surface area (Å²) in [5.41, 5.74) is 0.119. The Kier molecular flexibility index (Phi) is 5.30. The molecule has 1 saturated heterocycles. The van der Waals surface area contributed by atoms with Crippen molar-refractivity contribution in [1.82, 2.24) is 9.88 Å². The summed E-state index contributed by atoms with van der Waals surface area (Å²) in [4.78, 5) is 39.3. The van der Waals surface area contributed by atoms with Crippen LogP contribution < -0.4 is 4.74 Å². The molecule has 1 aromatic carbocycles. The number of benzene rings is 1. The second-order valence-electron chi connectivity index (χ2n) is 6.10. The molecule has 140 valence electrons. The third kappa shape index (κ3) is 4.38. The van der Waals surface area contributed by atoms with Gasteiger partial charge in [-0.3, -0.25) is 19.9 Å². The normalized spacial score (nSPS) is 14.6. The summed E-state index contributed by atoms with van der Waals surface area (Å²) in [5, 5.41) is 19.7. The zero-order valence-corrected chi connectivity index (χ0v) is 14.3. The summed E-state index contributed by atoms with van der Waals surface area (Å²) in [6.07, 6.45) is 2.40. The Morgan fingerprint density at radius 1 is 1.19 bits per heavy atom. The zero-order chi connectivity index (χ0) is 19.4. The highest BCUT2D eigenvalue weighted by Crippen LogP contribution is 2.22. The van der Waals surface area contributed by atoms with E-state index in [2.05, 4.69) is 4.98 Å². The van der Waals surface area contributed by atoms with Crippen LogP contribution in [0.3, 0.4) is 0 Å². The topological polar surface area (TPSA) is 123 Å². The molecule has 0 atom stereocenters. The number of nitrogens with zero attached hydrogens (tertiary/aromatic N) is 3. The van der Waals surface area contributed by atoms with Crippen LogP contribution in [0.2, 0.25) is 0 Å². The monoisotopic (exact) mass is 371 g/mol. The first-order chi connectivity index (χ1) is 12.9. The van der Waals surface area contributed by atoms with Crippen molar-refractivity contribution in [2.75, 3.05) is 13.1 Å². The average Bonchev–Trinajstić information content (AvgIpc) is 2.68. The number of hydrogen-bond donors (Lipinski definition) is 1. The number of aromatic nitrogens is 1. The fourth-order valence-corrected chi connectivity index (χ4v) is 2.86. The summed E-state index contributed by atoms with van der Waals surface area (Å²) in [6.45, 7) is 0.908. The van der Waals surface area contributed by atoms with E-state index in [1.54, 1.807) is 17.0 Å². The molecule has 0 radical (unpaired) electrons. The van der Waals surface area contributed by atoms with Gasteiger partial charge in [0.2, 0.25) is 0 Å². The predicted molar refractivity (Wildman–Crippen MR) is 93.8 cm³/mol. The third-order valence-corrected chi connectivity index (χ3v) is 4.31. The fraction of sp³-hybridized carbons (Fsp3) is 0.278. The van der Waals surface area contributed by atoms with Crippen molar-refractivity contribution in [3.63, 3.8) is 0 Å². The maximum atomic E-state index is 12.5. The molecule has 3 rings (SSSR count). The number of ether oxygens (including phenoxy) is 1. The number of carboxylic acid groups (broad SMARTS) is 1. The molecule has 1 aliphatic rings. The molecular weight excluding hydrogens is 354 g/mol. The first-order valence-electron chi connectivity index (χ1n) is 8.34. The van der Waals surface area contributed by atoms with E-state index in [0.717, 1.165) is 0 Å². The van der Waals surface area contributed by atoms with Crippen LogP contribution in [0.15, 0.2) is 42.6 Å². The minimum Gasteiger partial charge on any atom is -0.490 e. The second-order valence-corrected chi connectivity index (χ2v) is 6.10. The number of non-ortho nitro benzene ring substituents is 1. The van der Waals surface area contributed by atoms with E-state index in [4.69, 9.17) is 9.84 Å². The Hall–Kier alpha value is -3.49. The number of carbonyl (C=O) groups excluding carboxylic acids is 1. The Bertz CT molecular complexity index is 860. The number of nitro groups is 1. The first-order valence-corrected chi connectivity index (χ1v) is 8.34. The number of rotatable bonds is 5. The summed E-state index contributed by atoms with van der Waals surface area (Å²) >= 11 is 0. The molecule has 1 aromatic heterocycles. The average molecular weight is 371 g/mol. The molecule has 9 nitrogen and oxygen atoms in total. The second kappa shape index (κ2) is 7.81. The number of nitro benzene ring substituents is 1. The third-order valence-electron chi connectivity index (χ3n) is 4.31. The first kappa shape index (κ1) is 18.3. The maximum absolute atomic E-state index is 12.5. The van der Waals surface area contributed by atoms with Gasteiger partial charge in [0.05, 0.1) is 10.5 Å². The number of carboxylic acids is 1. The molecule has 2 aromatic rings. The number of pyridine rings is 1.